The molecule has 1 fully saturated rings. The molecule has 1 amide bonds. The normalized spacial score (nSPS) is 17.9. The van der Waals surface area contributed by atoms with Gasteiger partial charge in [-0.1, -0.05) is 121 Å². The topological polar surface area (TPSA) is 58.6 Å². The number of amides is 1. The van der Waals surface area contributed by atoms with Gasteiger partial charge in [-0.25, -0.2) is 0 Å². The Morgan fingerprint density at radius 1 is 0.786 bits per heavy atom. The molecule has 1 heterocycles. The number of ether oxygens (including phenoxy) is 1. The van der Waals surface area contributed by atoms with Crippen LogP contribution in [0.3, 0.4) is 0 Å². The lowest BCUT2D eigenvalue weighted by Crippen LogP contribution is -2.57. The Bertz CT molecular complexity index is 1360. The molecule has 2 atom stereocenters. The van der Waals surface area contributed by atoms with Crippen molar-refractivity contribution in [2.75, 3.05) is 18.8 Å². The number of hydrogen-bond acceptors (Lipinski definition) is 5. The van der Waals surface area contributed by atoms with E-state index in [1.165, 1.54) is 0 Å². The molecule has 0 saturated carbocycles. The molecule has 5 rings (SSSR count). The number of carbonyl (C=O) groups is 2. The lowest BCUT2D eigenvalue weighted by molar-refractivity contribution is -0.159. The first kappa shape index (κ1) is 29.6. The minimum Gasteiger partial charge on any atom is -0.459 e. The highest BCUT2D eigenvalue weighted by Gasteiger charge is 2.42. The van der Waals surface area contributed by atoms with E-state index in [1.807, 2.05) is 93.6 Å². The average molecular weight is 579 g/mol. The lowest BCUT2D eigenvalue weighted by Gasteiger charge is -2.40. The summed E-state index contributed by atoms with van der Waals surface area (Å²) in [5, 5.41) is 3.89. The van der Waals surface area contributed by atoms with Crippen LogP contribution in [0.2, 0.25) is 0 Å². The summed E-state index contributed by atoms with van der Waals surface area (Å²) in [6.07, 6.45) is 0. The Labute approximate surface area is 253 Å². The summed E-state index contributed by atoms with van der Waals surface area (Å²) in [6.45, 7) is 5.84. The third-order valence-corrected chi connectivity index (χ3v) is 8.73. The van der Waals surface area contributed by atoms with E-state index in [2.05, 4.69) is 53.8 Å². The SMILES string of the molecule is CC(C)(C)OC(=O)CN1C[C@H](c2ccccc2)SC[C@H](NC(c2ccccc2)(c2ccccc2)c2ccccc2)C1=O. The molecular formula is C36H38N2O3S. The van der Waals surface area contributed by atoms with Crippen LogP contribution in [0, 0.1) is 0 Å². The van der Waals surface area contributed by atoms with E-state index in [4.69, 9.17) is 4.74 Å². The van der Waals surface area contributed by atoms with E-state index >= 15 is 0 Å². The van der Waals surface area contributed by atoms with E-state index in [0.29, 0.717) is 12.3 Å². The molecule has 1 saturated heterocycles. The molecular weight excluding hydrogens is 540 g/mol. The molecule has 1 aliphatic rings. The molecule has 42 heavy (non-hydrogen) atoms. The van der Waals surface area contributed by atoms with E-state index in [-0.39, 0.29) is 17.7 Å². The zero-order valence-electron chi connectivity index (χ0n) is 24.4. The number of esters is 1. The summed E-state index contributed by atoms with van der Waals surface area (Å²) in [7, 11) is 0. The summed E-state index contributed by atoms with van der Waals surface area (Å²) in [6, 6.07) is 40.4. The molecule has 0 spiro atoms. The van der Waals surface area contributed by atoms with Gasteiger partial charge in [-0.2, -0.15) is 0 Å². The number of nitrogens with one attached hydrogen (secondary N) is 1. The molecule has 0 aliphatic carbocycles. The first-order valence-electron chi connectivity index (χ1n) is 14.4. The predicted molar refractivity (Wildman–Crippen MR) is 170 cm³/mol. The van der Waals surface area contributed by atoms with Gasteiger partial charge in [0.1, 0.15) is 12.1 Å². The van der Waals surface area contributed by atoms with Crippen molar-refractivity contribution in [1.29, 1.82) is 0 Å². The molecule has 4 aromatic rings. The van der Waals surface area contributed by atoms with Gasteiger partial charge in [0.05, 0.1) is 11.6 Å². The molecule has 1 N–H and O–H groups in total. The third kappa shape index (κ3) is 6.77. The number of nitrogens with zero attached hydrogens (tertiary/aromatic N) is 1. The van der Waals surface area contributed by atoms with Crippen LogP contribution in [0.4, 0.5) is 0 Å². The third-order valence-electron chi connectivity index (χ3n) is 7.38. The van der Waals surface area contributed by atoms with Gasteiger partial charge in [-0.05, 0) is 43.0 Å². The Kier molecular flexibility index (Phi) is 9.15. The monoisotopic (exact) mass is 578 g/mol. The summed E-state index contributed by atoms with van der Waals surface area (Å²) < 4.78 is 5.65. The predicted octanol–water partition coefficient (Wildman–Crippen LogP) is 6.60. The smallest absolute Gasteiger partial charge is 0.326 e. The van der Waals surface area contributed by atoms with Crippen molar-refractivity contribution >= 4 is 23.6 Å². The van der Waals surface area contributed by atoms with Crippen LogP contribution in [0.1, 0.15) is 48.3 Å². The lowest BCUT2D eigenvalue weighted by atomic mass is 9.76. The molecule has 1 aliphatic heterocycles. The van der Waals surface area contributed by atoms with Gasteiger partial charge in [-0.15, -0.1) is 11.8 Å². The fraction of sp³-hybridized carbons (Fsp3) is 0.278. The van der Waals surface area contributed by atoms with Gasteiger partial charge in [0.25, 0.3) is 0 Å². The van der Waals surface area contributed by atoms with Crippen molar-refractivity contribution in [2.24, 2.45) is 0 Å². The first-order chi connectivity index (χ1) is 20.3. The van der Waals surface area contributed by atoms with E-state index in [0.717, 1.165) is 22.3 Å². The summed E-state index contributed by atoms with van der Waals surface area (Å²) in [4.78, 5) is 29.2. The molecule has 0 bridgehead atoms. The molecule has 4 aromatic carbocycles. The second-order valence-corrected chi connectivity index (χ2v) is 12.8. The summed E-state index contributed by atoms with van der Waals surface area (Å²) >= 11 is 1.74. The Morgan fingerprint density at radius 2 is 1.24 bits per heavy atom. The highest BCUT2D eigenvalue weighted by atomic mass is 32.2. The minimum absolute atomic E-state index is 0.0176. The average Bonchev–Trinajstić information content (AvgIpc) is 3.15. The zero-order chi connectivity index (χ0) is 29.6. The molecule has 0 unspecified atom stereocenters. The van der Waals surface area contributed by atoms with Crippen LogP contribution in [-0.4, -0.2) is 47.3 Å². The van der Waals surface area contributed by atoms with Crippen molar-refractivity contribution in [1.82, 2.24) is 10.2 Å². The van der Waals surface area contributed by atoms with Gasteiger partial charge in [0, 0.05) is 17.5 Å². The van der Waals surface area contributed by atoms with Crippen molar-refractivity contribution in [3.63, 3.8) is 0 Å². The fourth-order valence-electron chi connectivity index (χ4n) is 5.57. The highest BCUT2D eigenvalue weighted by molar-refractivity contribution is 7.99. The maximum Gasteiger partial charge on any atom is 0.326 e. The van der Waals surface area contributed by atoms with Crippen molar-refractivity contribution in [2.45, 2.75) is 43.2 Å². The van der Waals surface area contributed by atoms with Crippen LogP contribution in [0.5, 0.6) is 0 Å². The standard InChI is InChI=1S/C36H38N2O3S/c1-35(2,3)41-33(39)25-38-24-32(27-16-8-4-9-17-27)42-26-31(34(38)40)37-36(28-18-10-5-11-19-28,29-20-12-6-13-21-29)30-22-14-7-15-23-30/h4-23,31-32,37H,24-26H2,1-3H3/t31-,32+/m0/s1. The summed E-state index contributed by atoms with van der Waals surface area (Å²) in [5.41, 5.74) is 2.77. The molecule has 0 radical (unpaired) electrons. The van der Waals surface area contributed by atoms with Crippen molar-refractivity contribution in [3.05, 3.63) is 144 Å². The minimum atomic E-state index is -0.811. The van der Waals surface area contributed by atoms with Crippen LogP contribution < -0.4 is 5.32 Å². The maximum absolute atomic E-state index is 14.4. The van der Waals surface area contributed by atoms with Gasteiger partial charge >= 0.3 is 5.97 Å². The van der Waals surface area contributed by atoms with Crippen LogP contribution in [0.15, 0.2) is 121 Å². The number of benzene rings is 4. The van der Waals surface area contributed by atoms with E-state index in [9.17, 15) is 9.59 Å². The number of thioether (sulfide) groups is 1. The second kappa shape index (κ2) is 13.0. The first-order valence-corrected chi connectivity index (χ1v) is 15.4. The highest BCUT2D eigenvalue weighted by Crippen LogP contribution is 2.39. The number of rotatable bonds is 8. The quantitative estimate of drug-likeness (QED) is 0.189. The second-order valence-electron chi connectivity index (χ2n) is 11.6. The molecule has 0 aromatic heterocycles. The molecule has 216 valence electrons. The zero-order valence-corrected chi connectivity index (χ0v) is 25.2. The van der Waals surface area contributed by atoms with Gasteiger partial charge in [0.2, 0.25) is 5.91 Å². The van der Waals surface area contributed by atoms with Gasteiger partial charge < -0.3 is 9.64 Å². The Balaban J connectivity index is 1.59. The van der Waals surface area contributed by atoms with Crippen molar-refractivity contribution in [3.8, 4) is 0 Å². The number of hydrogen-bond donors (Lipinski definition) is 1. The number of carbonyl (C=O) groups excluding carboxylic acids is 2. The van der Waals surface area contributed by atoms with Crippen LogP contribution >= 0.6 is 11.8 Å². The van der Waals surface area contributed by atoms with Gasteiger partial charge in [-0.3, -0.25) is 14.9 Å². The van der Waals surface area contributed by atoms with Crippen molar-refractivity contribution < 1.29 is 14.3 Å². The fourth-order valence-corrected chi connectivity index (χ4v) is 6.85. The van der Waals surface area contributed by atoms with Crippen LogP contribution in [0.25, 0.3) is 0 Å². The Morgan fingerprint density at radius 3 is 1.69 bits per heavy atom. The molecule has 5 nitrogen and oxygen atoms in total. The molecule has 6 heteroatoms. The maximum atomic E-state index is 14.4. The van der Waals surface area contributed by atoms with E-state index < -0.39 is 23.2 Å². The van der Waals surface area contributed by atoms with E-state index in [1.54, 1.807) is 16.7 Å². The summed E-state index contributed by atoms with van der Waals surface area (Å²) in [5.74, 6) is 0.0185. The largest absolute Gasteiger partial charge is 0.459 e. The van der Waals surface area contributed by atoms with Crippen LogP contribution in [-0.2, 0) is 19.9 Å². The Hall–Kier alpha value is -3.87. The van der Waals surface area contributed by atoms with Gasteiger partial charge in [0.15, 0.2) is 0 Å².